The zero-order valence-electron chi connectivity index (χ0n) is 12.9. The molecule has 0 saturated carbocycles. The molecule has 1 aliphatic rings. The van der Waals surface area contributed by atoms with Gasteiger partial charge in [-0.05, 0) is 24.2 Å². The van der Waals surface area contributed by atoms with Gasteiger partial charge in [-0.25, -0.2) is 4.98 Å². The maximum atomic E-state index is 6.17. The predicted octanol–water partition coefficient (Wildman–Crippen LogP) is 3.76. The second-order valence-corrected chi connectivity index (χ2v) is 7.00. The van der Waals surface area contributed by atoms with E-state index in [0.29, 0.717) is 5.28 Å². The molecule has 0 amide bonds. The fourth-order valence-electron chi connectivity index (χ4n) is 2.98. The molecule has 0 radical (unpaired) electrons. The van der Waals surface area contributed by atoms with Crippen molar-refractivity contribution in [2.75, 3.05) is 38.1 Å². The summed E-state index contributed by atoms with van der Waals surface area (Å²) in [5, 5.41) is 3.60. The molecule has 0 bridgehead atoms. The standard InChI is InChI=1S/C17H17ClN4S/c1-21-7-9-22(10-8-21)15-14-13(12-5-3-2-4-6-12)11-23-16(14)20-17(18)19-15/h2-6,11H,7-10H2,1H3. The fourth-order valence-corrected chi connectivity index (χ4v) is 4.13. The highest BCUT2D eigenvalue weighted by Gasteiger charge is 2.22. The second kappa shape index (κ2) is 6.07. The minimum absolute atomic E-state index is 0.327. The van der Waals surface area contributed by atoms with E-state index in [2.05, 4.69) is 56.5 Å². The Bertz CT molecular complexity index is 825. The van der Waals surface area contributed by atoms with Crippen LogP contribution in [0.3, 0.4) is 0 Å². The Balaban J connectivity index is 1.87. The first-order chi connectivity index (χ1) is 11.2. The molecule has 118 valence electrons. The number of nitrogens with zero attached hydrogens (tertiary/aromatic N) is 4. The van der Waals surface area contributed by atoms with Gasteiger partial charge in [-0.15, -0.1) is 11.3 Å². The number of thiophene rings is 1. The average Bonchev–Trinajstić information content (AvgIpc) is 2.99. The fraction of sp³-hybridized carbons (Fsp3) is 0.294. The van der Waals surface area contributed by atoms with E-state index >= 15 is 0 Å². The zero-order chi connectivity index (χ0) is 15.8. The first kappa shape index (κ1) is 14.9. The molecule has 0 spiro atoms. The third kappa shape index (κ3) is 2.80. The normalized spacial score (nSPS) is 16.2. The molecular formula is C17H17ClN4S. The van der Waals surface area contributed by atoms with E-state index in [-0.39, 0.29) is 0 Å². The van der Waals surface area contributed by atoms with Crippen LogP contribution in [0.25, 0.3) is 21.3 Å². The maximum Gasteiger partial charge on any atom is 0.225 e. The van der Waals surface area contributed by atoms with Crippen molar-refractivity contribution in [1.82, 2.24) is 14.9 Å². The largest absolute Gasteiger partial charge is 0.353 e. The Labute approximate surface area is 144 Å². The molecule has 4 nitrogen and oxygen atoms in total. The van der Waals surface area contributed by atoms with Gasteiger partial charge in [-0.2, -0.15) is 4.98 Å². The Morgan fingerprint density at radius 2 is 1.78 bits per heavy atom. The smallest absolute Gasteiger partial charge is 0.225 e. The lowest BCUT2D eigenvalue weighted by Gasteiger charge is -2.33. The predicted molar refractivity (Wildman–Crippen MR) is 97.6 cm³/mol. The highest BCUT2D eigenvalue weighted by atomic mass is 35.5. The van der Waals surface area contributed by atoms with Crippen molar-refractivity contribution in [2.45, 2.75) is 0 Å². The number of anilines is 1. The summed E-state index contributed by atoms with van der Waals surface area (Å²) in [7, 11) is 2.15. The first-order valence-corrected chi connectivity index (χ1v) is 8.92. The van der Waals surface area contributed by atoms with E-state index in [4.69, 9.17) is 11.6 Å². The minimum atomic E-state index is 0.327. The van der Waals surface area contributed by atoms with Crippen molar-refractivity contribution >= 4 is 39.0 Å². The van der Waals surface area contributed by atoms with Crippen molar-refractivity contribution < 1.29 is 0 Å². The number of aromatic nitrogens is 2. The molecule has 1 fully saturated rings. The van der Waals surface area contributed by atoms with E-state index in [1.54, 1.807) is 11.3 Å². The Kier molecular flexibility index (Phi) is 3.93. The summed E-state index contributed by atoms with van der Waals surface area (Å²) in [5.41, 5.74) is 2.39. The van der Waals surface area contributed by atoms with Crippen molar-refractivity contribution in [1.29, 1.82) is 0 Å². The van der Waals surface area contributed by atoms with Gasteiger partial charge in [0.1, 0.15) is 10.6 Å². The second-order valence-electron chi connectivity index (χ2n) is 5.80. The lowest BCUT2D eigenvalue weighted by Crippen LogP contribution is -2.44. The van der Waals surface area contributed by atoms with Gasteiger partial charge in [0.25, 0.3) is 0 Å². The lowest BCUT2D eigenvalue weighted by molar-refractivity contribution is 0.312. The summed E-state index contributed by atoms with van der Waals surface area (Å²) >= 11 is 7.80. The summed E-state index contributed by atoms with van der Waals surface area (Å²) in [6.07, 6.45) is 0. The third-order valence-corrected chi connectivity index (χ3v) is 5.32. The van der Waals surface area contributed by atoms with Crippen LogP contribution in [0.5, 0.6) is 0 Å². The van der Waals surface area contributed by atoms with Gasteiger partial charge in [0, 0.05) is 37.1 Å². The monoisotopic (exact) mass is 344 g/mol. The molecule has 4 rings (SSSR count). The van der Waals surface area contributed by atoms with Gasteiger partial charge in [0.05, 0.1) is 5.39 Å². The van der Waals surface area contributed by atoms with Crippen molar-refractivity contribution in [3.63, 3.8) is 0 Å². The number of likely N-dealkylation sites (N-methyl/N-ethyl adjacent to an activating group) is 1. The molecule has 23 heavy (non-hydrogen) atoms. The maximum absolute atomic E-state index is 6.17. The van der Waals surface area contributed by atoms with Crippen LogP contribution in [0, 0.1) is 0 Å². The molecule has 0 N–H and O–H groups in total. The lowest BCUT2D eigenvalue weighted by atomic mass is 10.1. The van der Waals surface area contributed by atoms with Crippen LogP contribution in [0.1, 0.15) is 0 Å². The Hall–Kier alpha value is -1.69. The molecule has 6 heteroatoms. The van der Waals surface area contributed by atoms with E-state index in [1.807, 2.05) is 6.07 Å². The highest BCUT2D eigenvalue weighted by molar-refractivity contribution is 7.17. The van der Waals surface area contributed by atoms with Gasteiger partial charge >= 0.3 is 0 Å². The Morgan fingerprint density at radius 1 is 1.04 bits per heavy atom. The van der Waals surface area contributed by atoms with Crippen LogP contribution in [-0.2, 0) is 0 Å². The topological polar surface area (TPSA) is 32.3 Å². The molecule has 0 aliphatic carbocycles. The molecule has 1 saturated heterocycles. The molecule has 3 aromatic rings. The molecule has 1 aliphatic heterocycles. The summed E-state index contributed by atoms with van der Waals surface area (Å²) in [6, 6.07) is 10.4. The van der Waals surface area contributed by atoms with Gasteiger partial charge < -0.3 is 9.80 Å². The molecule has 0 atom stereocenters. The third-order valence-electron chi connectivity index (χ3n) is 4.27. The number of halogens is 1. The number of rotatable bonds is 2. The van der Waals surface area contributed by atoms with Gasteiger partial charge in [-0.3, -0.25) is 0 Å². The van der Waals surface area contributed by atoms with Crippen molar-refractivity contribution in [3.05, 3.63) is 41.0 Å². The van der Waals surface area contributed by atoms with Crippen LogP contribution in [0.2, 0.25) is 5.28 Å². The number of hydrogen-bond acceptors (Lipinski definition) is 5. The highest BCUT2D eigenvalue weighted by Crippen LogP contribution is 2.39. The molecule has 0 unspecified atom stereocenters. The van der Waals surface area contributed by atoms with Crippen LogP contribution in [0.4, 0.5) is 5.82 Å². The van der Waals surface area contributed by atoms with E-state index in [0.717, 1.165) is 42.2 Å². The van der Waals surface area contributed by atoms with E-state index in [1.165, 1.54) is 11.1 Å². The van der Waals surface area contributed by atoms with Crippen molar-refractivity contribution in [2.24, 2.45) is 0 Å². The van der Waals surface area contributed by atoms with E-state index in [9.17, 15) is 0 Å². The van der Waals surface area contributed by atoms with E-state index < -0.39 is 0 Å². The van der Waals surface area contributed by atoms with Crippen LogP contribution >= 0.6 is 22.9 Å². The number of piperazine rings is 1. The Morgan fingerprint density at radius 3 is 2.52 bits per heavy atom. The van der Waals surface area contributed by atoms with Crippen LogP contribution in [-0.4, -0.2) is 48.1 Å². The SMILES string of the molecule is CN1CCN(c2nc(Cl)nc3scc(-c4ccccc4)c23)CC1. The summed E-state index contributed by atoms with van der Waals surface area (Å²) in [5.74, 6) is 0.966. The summed E-state index contributed by atoms with van der Waals surface area (Å²) in [4.78, 5) is 14.6. The van der Waals surface area contributed by atoms with Crippen LogP contribution < -0.4 is 4.90 Å². The first-order valence-electron chi connectivity index (χ1n) is 7.66. The van der Waals surface area contributed by atoms with Gasteiger partial charge in [-0.1, -0.05) is 30.3 Å². The number of benzene rings is 1. The summed E-state index contributed by atoms with van der Waals surface area (Å²) in [6.45, 7) is 3.99. The molecule has 3 heterocycles. The molecular weight excluding hydrogens is 328 g/mol. The van der Waals surface area contributed by atoms with Crippen LogP contribution in [0.15, 0.2) is 35.7 Å². The van der Waals surface area contributed by atoms with Crippen molar-refractivity contribution in [3.8, 4) is 11.1 Å². The number of fused-ring (bicyclic) bond motifs is 1. The molecule has 2 aromatic heterocycles. The van der Waals surface area contributed by atoms with Gasteiger partial charge in [0.15, 0.2) is 0 Å². The number of hydrogen-bond donors (Lipinski definition) is 0. The zero-order valence-corrected chi connectivity index (χ0v) is 14.4. The summed E-state index contributed by atoms with van der Waals surface area (Å²) < 4.78 is 0. The minimum Gasteiger partial charge on any atom is -0.353 e. The quantitative estimate of drug-likeness (QED) is 0.662. The average molecular weight is 345 g/mol. The van der Waals surface area contributed by atoms with Gasteiger partial charge in [0.2, 0.25) is 5.28 Å². The molecule has 1 aromatic carbocycles.